The highest BCUT2D eigenvalue weighted by Crippen LogP contribution is 2.30. The standard InChI is InChI=1S/C27H35Cl2N3O5S/c1-4-23(27(34)30-20-10-6-5-7-11-20)31(17-19-14-15-21(28)22(29)16-19)26(33)18-32(38(3,35)36)24-12-8-9-13-25(24)37-2/h8-9,12-16,20,23H,4-7,10-11,17-18H2,1-3H3,(H,30,34)/t23-/m1/s1. The molecule has 0 saturated heterocycles. The molecule has 1 atom stereocenters. The Morgan fingerprint density at radius 3 is 2.37 bits per heavy atom. The Kier molecular flexibility index (Phi) is 10.7. The predicted molar refractivity (Wildman–Crippen MR) is 151 cm³/mol. The maximum Gasteiger partial charge on any atom is 0.244 e. The maximum absolute atomic E-state index is 13.9. The summed E-state index contributed by atoms with van der Waals surface area (Å²) < 4.78 is 32.0. The van der Waals surface area contributed by atoms with Gasteiger partial charge in [0.1, 0.15) is 18.3 Å². The van der Waals surface area contributed by atoms with Crippen molar-refractivity contribution in [2.24, 2.45) is 0 Å². The van der Waals surface area contributed by atoms with E-state index in [1.165, 1.54) is 12.0 Å². The molecule has 0 spiro atoms. The summed E-state index contributed by atoms with van der Waals surface area (Å²) in [4.78, 5) is 28.7. The molecule has 0 aliphatic heterocycles. The number of nitrogens with zero attached hydrogens (tertiary/aromatic N) is 2. The highest BCUT2D eigenvalue weighted by atomic mass is 35.5. The Balaban J connectivity index is 1.96. The van der Waals surface area contributed by atoms with E-state index >= 15 is 0 Å². The highest BCUT2D eigenvalue weighted by molar-refractivity contribution is 7.92. The van der Waals surface area contributed by atoms with Crippen molar-refractivity contribution in [1.29, 1.82) is 0 Å². The largest absolute Gasteiger partial charge is 0.495 e. The van der Waals surface area contributed by atoms with Gasteiger partial charge in [-0.25, -0.2) is 8.42 Å². The Morgan fingerprint density at radius 2 is 1.76 bits per heavy atom. The molecule has 2 aromatic rings. The first-order valence-corrected chi connectivity index (χ1v) is 15.3. The summed E-state index contributed by atoms with van der Waals surface area (Å²) in [5.74, 6) is -0.474. The molecule has 1 N–H and O–H groups in total. The molecule has 0 aromatic heterocycles. The second-order valence-corrected chi connectivity index (χ2v) is 12.2. The molecule has 3 rings (SSSR count). The lowest BCUT2D eigenvalue weighted by Crippen LogP contribution is -2.54. The van der Waals surface area contributed by atoms with E-state index in [-0.39, 0.29) is 24.2 Å². The minimum absolute atomic E-state index is 0.0514. The lowest BCUT2D eigenvalue weighted by Gasteiger charge is -2.34. The minimum atomic E-state index is -3.87. The topological polar surface area (TPSA) is 96.0 Å². The van der Waals surface area contributed by atoms with Gasteiger partial charge in [-0.05, 0) is 49.1 Å². The number of carbonyl (C=O) groups excluding carboxylic acids is 2. The van der Waals surface area contributed by atoms with Gasteiger partial charge in [0.2, 0.25) is 21.8 Å². The van der Waals surface area contributed by atoms with Gasteiger partial charge < -0.3 is 15.0 Å². The number of amides is 2. The molecule has 38 heavy (non-hydrogen) atoms. The van der Waals surface area contributed by atoms with Crippen LogP contribution in [-0.4, -0.2) is 57.1 Å². The number of methoxy groups -OCH3 is 1. The van der Waals surface area contributed by atoms with Crippen molar-refractivity contribution >= 4 is 50.7 Å². The molecule has 1 fully saturated rings. The number of para-hydroxylation sites is 2. The van der Waals surface area contributed by atoms with Gasteiger partial charge in [-0.2, -0.15) is 0 Å². The van der Waals surface area contributed by atoms with Crippen molar-refractivity contribution in [3.05, 3.63) is 58.1 Å². The van der Waals surface area contributed by atoms with Crippen LogP contribution in [0.3, 0.4) is 0 Å². The molecule has 0 heterocycles. The fraction of sp³-hybridized carbons (Fsp3) is 0.481. The monoisotopic (exact) mass is 583 g/mol. The van der Waals surface area contributed by atoms with Crippen LogP contribution in [0.1, 0.15) is 51.0 Å². The first-order valence-electron chi connectivity index (χ1n) is 12.7. The quantitative estimate of drug-likeness (QED) is 0.400. The number of sulfonamides is 1. The summed E-state index contributed by atoms with van der Waals surface area (Å²) in [7, 11) is -2.44. The number of ether oxygens (including phenoxy) is 1. The number of hydrogen-bond donors (Lipinski definition) is 1. The minimum Gasteiger partial charge on any atom is -0.495 e. The molecule has 8 nitrogen and oxygen atoms in total. The molecule has 11 heteroatoms. The van der Waals surface area contributed by atoms with Crippen LogP contribution < -0.4 is 14.4 Å². The summed E-state index contributed by atoms with van der Waals surface area (Å²) in [6.07, 6.45) is 6.43. The van der Waals surface area contributed by atoms with Gasteiger partial charge in [-0.3, -0.25) is 13.9 Å². The average molecular weight is 585 g/mol. The Hall–Kier alpha value is -2.49. The Morgan fingerprint density at radius 1 is 1.08 bits per heavy atom. The first kappa shape index (κ1) is 30.1. The van der Waals surface area contributed by atoms with E-state index in [1.54, 1.807) is 42.5 Å². The van der Waals surface area contributed by atoms with E-state index in [1.807, 2.05) is 6.92 Å². The van der Waals surface area contributed by atoms with Crippen LogP contribution in [0.15, 0.2) is 42.5 Å². The Labute approximate surface area is 235 Å². The van der Waals surface area contributed by atoms with Crippen molar-refractivity contribution in [2.45, 2.75) is 64.1 Å². The molecule has 1 aliphatic rings. The lowest BCUT2D eigenvalue weighted by atomic mass is 9.95. The van der Waals surface area contributed by atoms with E-state index < -0.39 is 28.5 Å². The number of benzene rings is 2. The van der Waals surface area contributed by atoms with E-state index in [9.17, 15) is 18.0 Å². The van der Waals surface area contributed by atoms with Crippen LogP contribution >= 0.6 is 23.2 Å². The van der Waals surface area contributed by atoms with E-state index in [0.717, 1.165) is 42.7 Å². The van der Waals surface area contributed by atoms with E-state index in [0.29, 0.717) is 27.8 Å². The number of hydrogen-bond acceptors (Lipinski definition) is 5. The highest BCUT2D eigenvalue weighted by Gasteiger charge is 2.33. The molecule has 1 aliphatic carbocycles. The van der Waals surface area contributed by atoms with Crippen LogP contribution in [0.2, 0.25) is 10.0 Å². The number of carbonyl (C=O) groups is 2. The summed E-state index contributed by atoms with van der Waals surface area (Å²) in [5, 5.41) is 3.81. The number of nitrogens with one attached hydrogen (secondary N) is 1. The SMILES string of the molecule is CC[C@H](C(=O)NC1CCCCC1)N(Cc1ccc(Cl)c(Cl)c1)C(=O)CN(c1ccccc1OC)S(C)(=O)=O. The Bertz CT molecular complexity index is 1230. The zero-order valence-electron chi connectivity index (χ0n) is 22.0. The van der Waals surface area contributed by atoms with E-state index in [2.05, 4.69) is 5.32 Å². The van der Waals surface area contributed by atoms with Crippen LogP contribution in [0, 0.1) is 0 Å². The fourth-order valence-corrected chi connectivity index (χ4v) is 5.90. The summed E-state index contributed by atoms with van der Waals surface area (Å²) in [5.41, 5.74) is 0.903. The van der Waals surface area contributed by atoms with Crippen molar-refractivity contribution in [2.75, 3.05) is 24.2 Å². The second-order valence-electron chi connectivity index (χ2n) is 9.48. The summed E-state index contributed by atoms with van der Waals surface area (Å²) >= 11 is 12.3. The molecule has 0 bridgehead atoms. The number of halogens is 2. The van der Waals surface area contributed by atoms with Gasteiger partial charge in [-0.15, -0.1) is 0 Å². The molecule has 1 saturated carbocycles. The normalized spacial score (nSPS) is 15.0. The first-order chi connectivity index (χ1) is 18.0. The molecule has 2 aromatic carbocycles. The van der Waals surface area contributed by atoms with Gasteiger partial charge in [0.05, 0.1) is 29.1 Å². The fourth-order valence-electron chi connectivity index (χ4n) is 4.73. The van der Waals surface area contributed by atoms with Crippen LogP contribution in [-0.2, 0) is 26.2 Å². The van der Waals surface area contributed by atoms with Crippen molar-refractivity contribution in [3.63, 3.8) is 0 Å². The summed E-state index contributed by atoms with van der Waals surface area (Å²) in [6.45, 7) is 1.37. The lowest BCUT2D eigenvalue weighted by molar-refractivity contribution is -0.140. The third kappa shape index (κ3) is 7.77. The van der Waals surface area contributed by atoms with E-state index in [4.69, 9.17) is 27.9 Å². The average Bonchev–Trinajstić information content (AvgIpc) is 2.89. The number of rotatable bonds is 11. The third-order valence-electron chi connectivity index (χ3n) is 6.71. The molecular weight excluding hydrogens is 549 g/mol. The second kappa shape index (κ2) is 13.5. The zero-order valence-corrected chi connectivity index (χ0v) is 24.3. The molecular formula is C27H35Cl2N3O5S. The third-order valence-corrected chi connectivity index (χ3v) is 8.57. The molecule has 208 valence electrons. The molecule has 0 unspecified atom stereocenters. The van der Waals surface area contributed by atoms with Crippen LogP contribution in [0.25, 0.3) is 0 Å². The van der Waals surface area contributed by atoms with Crippen LogP contribution in [0.4, 0.5) is 5.69 Å². The van der Waals surface area contributed by atoms with Crippen molar-refractivity contribution in [1.82, 2.24) is 10.2 Å². The summed E-state index contributed by atoms with van der Waals surface area (Å²) in [6, 6.07) is 10.8. The zero-order chi connectivity index (χ0) is 27.9. The number of anilines is 1. The van der Waals surface area contributed by atoms with Crippen molar-refractivity contribution in [3.8, 4) is 5.75 Å². The van der Waals surface area contributed by atoms with Gasteiger partial charge in [0.25, 0.3) is 0 Å². The van der Waals surface area contributed by atoms with Crippen LogP contribution in [0.5, 0.6) is 5.75 Å². The van der Waals surface area contributed by atoms with Crippen molar-refractivity contribution < 1.29 is 22.7 Å². The molecule has 0 radical (unpaired) electrons. The maximum atomic E-state index is 13.9. The predicted octanol–water partition coefficient (Wildman–Crippen LogP) is 5.02. The van der Waals surface area contributed by atoms with Gasteiger partial charge in [0.15, 0.2) is 0 Å². The van der Waals surface area contributed by atoms with Gasteiger partial charge >= 0.3 is 0 Å². The van der Waals surface area contributed by atoms with Gasteiger partial charge in [0, 0.05) is 12.6 Å². The van der Waals surface area contributed by atoms with Gasteiger partial charge in [-0.1, -0.05) is 67.6 Å². The molecule has 2 amide bonds. The smallest absolute Gasteiger partial charge is 0.244 e.